The largest absolute Gasteiger partial charge is 0.467 e. The molecule has 0 spiro atoms. The first-order valence-electron chi connectivity index (χ1n) is 6.56. The number of nitrogens with two attached hydrogens (primary N) is 1. The third kappa shape index (κ3) is 3.88. The molecule has 18 heavy (non-hydrogen) atoms. The Hall–Kier alpha value is -1.29. The van der Waals surface area contributed by atoms with Gasteiger partial charge in [0.25, 0.3) is 0 Å². The first kappa shape index (κ1) is 13.1. The molecule has 0 atom stereocenters. The van der Waals surface area contributed by atoms with Crippen molar-refractivity contribution in [3.63, 3.8) is 0 Å². The Balaban J connectivity index is 1.91. The van der Waals surface area contributed by atoms with Gasteiger partial charge >= 0.3 is 0 Å². The normalized spacial score (nSPS) is 15.7. The first-order valence-corrected chi connectivity index (χ1v) is 6.56. The number of furan rings is 1. The Morgan fingerprint density at radius 3 is 2.78 bits per heavy atom. The predicted molar refractivity (Wildman–Crippen MR) is 69.8 cm³/mol. The van der Waals surface area contributed by atoms with Crippen molar-refractivity contribution in [1.82, 2.24) is 4.90 Å². The van der Waals surface area contributed by atoms with Crippen LogP contribution in [0.1, 0.15) is 45.3 Å². The van der Waals surface area contributed by atoms with Crippen LogP contribution in [0.4, 0.5) is 0 Å². The summed E-state index contributed by atoms with van der Waals surface area (Å²) in [4.78, 5) is 14.2. The van der Waals surface area contributed by atoms with Crippen molar-refractivity contribution in [3.05, 3.63) is 24.2 Å². The highest BCUT2D eigenvalue weighted by Crippen LogP contribution is 2.29. The van der Waals surface area contributed by atoms with E-state index in [1.165, 1.54) is 0 Å². The summed E-state index contributed by atoms with van der Waals surface area (Å²) in [6.07, 6.45) is 5.10. The molecule has 0 radical (unpaired) electrons. The fourth-order valence-corrected chi connectivity index (χ4v) is 1.95. The second kappa shape index (κ2) is 5.14. The lowest BCUT2D eigenvalue weighted by atomic mass is 9.99. The quantitative estimate of drug-likeness (QED) is 0.842. The number of amides is 1. The van der Waals surface area contributed by atoms with Crippen LogP contribution in [-0.2, 0) is 11.3 Å². The standard InChI is InChI=1S/C14H22N2O2/c1-14(2,15)8-7-13(17)16(11-5-6-11)10-12-4-3-9-18-12/h3-4,9,11H,5-8,10,15H2,1-2H3. The van der Waals surface area contributed by atoms with Crippen molar-refractivity contribution in [3.8, 4) is 0 Å². The Labute approximate surface area is 108 Å². The summed E-state index contributed by atoms with van der Waals surface area (Å²) in [7, 11) is 0. The van der Waals surface area contributed by atoms with Gasteiger partial charge in [-0.2, -0.15) is 0 Å². The Morgan fingerprint density at radius 2 is 2.28 bits per heavy atom. The van der Waals surface area contributed by atoms with Crippen LogP contribution >= 0.6 is 0 Å². The van der Waals surface area contributed by atoms with Crippen LogP contribution < -0.4 is 5.73 Å². The molecule has 0 unspecified atom stereocenters. The molecule has 1 amide bonds. The van der Waals surface area contributed by atoms with E-state index in [0.717, 1.165) is 18.6 Å². The minimum atomic E-state index is -0.282. The highest BCUT2D eigenvalue weighted by atomic mass is 16.3. The van der Waals surface area contributed by atoms with Gasteiger partial charge in [-0.25, -0.2) is 0 Å². The maximum atomic E-state index is 12.2. The van der Waals surface area contributed by atoms with E-state index in [2.05, 4.69) is 0 Å². The van der Waals surface area contributed by atoms with Gasteiger partial charge in [-0.1, -0.05) is 0 Å². The van der Waals surface area contributed by atoms with Crippen LogP contribution in [0, 0.1) is 0 Å². The summed E-state index contributed by atoms with van der Waals surface area (Å²) in [6, 6.07) is 4.17. The third-order valence-corrected chi connectivity index (χ3v) is 3.20. The molecule has 2 rings (SSSR count). The van der Waals surface area contributed by atoms with Crippen LogP contribution in [0.25, 0.3) is 0 Å². The van der Waals surface area contributed by atoms with Gasteiger partial charge in [0.05, 0.1) is 12.8 Å². The summed E-state index contributed by atoms with van der Waals surface area (Å²) in [5.41, 5.74) is 5.64. The summed E-state index contributed by atoms with van der Waals surface area (Å²) >= 11 is 0. The second-order valence-electron chi connectivity index (χ2n) is 5.82. The van der Waals surface area contributed by atoms with Gasteiger partial charge in [0, 0.05) is 18.0 Å². The lowest BCUT2D eigenvalue weighted by Crippen LogP contribution is -2.37. The fourth-order valence-electron chi connectivity index (χ4n) is 1.95. The van der Waals surface area contributed by atoms with Crippen LogP contribution in [0.5, 0.6) is 0 Å². The van der Waals surface area contributed by atoms with Gasteiger partial charge in [-0.05, 0) is 45.2 Å². The molecule has 2 N–H and O–H groups in total. The molecule has 1 aliphatic carbocycles. The molecule has 0 saturated heterocycles. The number of hydrogen-bond donors (Lipinski definition) is 1. The second-order valence-corrected chi connectivity index (χ2v) is 5.82. The Kier molecular flexibility index (Phi) is 3.76. The van der Waals surface area contributed by atoms with Gasteiger partial charge in [-0.3, -0.25) is 4.79 Å². The van der Waals surface area contributed by atoms with Crippen LogP contribution in [0.15, 0.2) is 22.8 Å². The number of carbonyl (C=O) groups excluding carboxylic acids is 1. The fraction of sp³-hybridized carbons (Fsp3) is 0.643. The van der Waals surface area contributed by atoms with Gasteiger partial charge in [0.2, 0.25) is 5.91 Å². The molecule has 0 aromatic carbocycles. The van der Waals surface area contributed by atoms with Crippen molar-refractivity contribution in [1.29, 1.82) is 0 Å². The summed E-state index contributed by atoms with van der Waals surface area (Å²) in [6.45, 7) is 4.49. The zero-order valence-electron chi connectivity index (χ0n) is 11.2. The SMILES string of the molecule is CC(C)(N)CCC(=O)N(Cc1ccco1)C1CC1. The highest BCUT2D eigenvalue weighted by Gasteiger charge is 2.33. The smallest absolute Gasteiger partial charge is 0.223 e. The molecular formula is C14H22N2O2. The monoisotopic (exact) mass is 250 g/mol. The maximum absolute atomic E-state index is 12.2. The average molecular weight is 250 g/mol. The van der Waals surface area contributed by atoms with Crippen LogP contribution in [-0.4, -0.2) is 22.4 Å². The first-order chi connectivity index (χ1) is 8.46. The Bertz CT molecular complexity index is 388. The summed E-state index contributed by atoms with van der Waals surface area (Å²) in [5.74, 6) is 1.04. The van der Waals surface area contributed by atoms with E-state index in [1.807, 2.05) is 30.9 Å². The summed E-state index contributed by atoms with van der Waals surface area (Å²) in [5, 5.41) is 0. The van der Waals surface area contributed by atoms with Crippen molar-refractivity contribution < 1.29 is 9.21 Å². The van der Waals surface area contributed by atoms with Gasteiger partial charge < -0.3 is 15.1 Å². The van der Waals surface area contributed by atoms with Crippen molar-refractivity contribution in [2.75, 3.05) is 0 Å². The number of nitrogens with zero attached hydrogens (tertiary/aromatic N) is 1. The molecule has 100 valence electrons. The minimum absolute atomic E-state index is 0.187. The van der Waals surface area contributed by atoms with Crippen molar-refractivity contribution in [2.45, 2.75) is 57.7 Å². The molecule has 1 heterocycles. The summed E-state index contributed by atoms with van der Waals surface area (Å²) < 4.78 is 5.32. The lowest BCUT2D eigenvalue weighted by Gasteiger charge is -2.24. The molecule has 0 bridgehead atoms. The molecule has 1 aliphatic rings. The topological polar surface area (TPSA) is 59.5 Å². The number of hydrogen-bond acceptors (Lipinski definition) is 3. The zero-order chi connectivity index (χ0) is 13.2. The van der Waals surface area contributed by atoms with Gasteiger partial charge in [-0.15, -0.1) is 0 Å². The van der Waals surface area contributed by atoms with E-state index in [4.69, 9.17) is 10.2 Å². The maximum Gasteiger partial charge on any atom is 0.223 e. The predicted octanol–water partition coefficient (Wildman–Crippen LogP) is 2.29. The molecular weight excluding hydrogens is 228 g/mol. The van der Waals surface area contributed by atoms with Crippen molar-refractivity contribution >= 4 is 5.91 Å². The highest BCUT2D eigenvalue weighted by molar-refractivity contribution is 5.76. The zero-order valence-corrected chi connectivity index (χ0v) is 11.2. The minimum Gasteiger partial charge on any atom is -0.467 e. The van der Waals surface area contributed by atoms with E-state index < -0.39 is 0 Å². The molecule has 1 fully saturated rings. The van der Waals surface area contributed by atoms with E-state index in [9.17, 15) is 4.79 Å². The average Bonchev–Trinajstić information content (AvgIpc) is 2.99. The lowest BCUT2D eigenvalue weighted by molar-refractivity contribution is -0.133. The van der Waals surface area contributed by atoms with E-state index in [1.54, 1.807) is 6.26 Å². The number of rotatable bonds is 6. The van der Waals surface area contributed by atoms with Crippen LogP contribution in [0.3, 0.4) is 0 Å². The molecule has 1 aromatic heterocycles. The molecule has 1 saturated carbocycles. The van der Waals surface area contributed by atoms with E-state index >= 15 is 0 Å². The van der Waals surface area contributed by atoms with Crippen molar-refractivity contribution in [2.24, 2.45) is 5.73 Å². The third-order valence-electron chi connectivity index (χ3n) is 3.20. The number of carbonyl (C=O) groups is 1. The molecule has 4 nitrogen and oxygen atoms in total. The molecule has 0 aliphatic heterocycles. The Morgan fingerprint density at radius 1 is 1.56 bits per heavy atom. The molecule has 4 heteroatoms. The van der Waals surface area contributed by atoms with Gasteiger partial charge in [0.15, 0.2) is 0 Å². The van der Waals surface area contributed by atoms with Crippen LogP contribution in [0.2, 0.25) is 0 Å². The van der Waals surface area contributed by atoms with E-state index in [-0.39, 0.29) is 11.4 Å². The van der Waals surface area contributed by atoms with E-state index in [0.29, 0.717) is 25.4 Å². The molecule has 1 aromatic rings. The van der Waals surface area contributed by atoms with Gasteiger partial charge in [0.1, 0.15) is 5.76 Å².